The van der Waals surface area contributed by atoms with Crippen LogP contribution in [0.2, 0.25) is 0 Å². The van der Waals surface area contributed by atoms with Crippen LogP contribution in [0.5, 0.6) is 0 Å². The first-order valence-electron chi connectivity index (χ1n) is 7.81. The number of phosphoric acid groups is 3. The largest absolute Gasteiger partial charge is 2.00 e. The van der Waals surface area contributed by atoms with Gasteiger partial charge in [-0.1, -0.05) is 0 Å². The first-order valence-corrected chi connectivity index (χ1v) is 12.3. The molecule has 7 N–H and O–H groups in total. The van der Waals surface area contributed by atoms with Crippen LogP contribution in [0.4, 0.5) is 5.82 Å². The van der Waals surface area contributed by atoms with Crippen molar-refractivity contribution in [2.75, 3.05) is 12.3 Å². The standard InChI is InChI=1S/C10H16N5O12P3.Mg/c11-9-8-10(13-3-12-9)15(4-14-8)7-1-5(16)6(25-7)2-24-29(20,21)27-30(22,23)26-28(17,18)19;/h3-7,16H,1-2H2,(H,20,21)(H,22,23)(H2,11,12,13)(H2,17,18,19);/q;+2/t5-,6+,7+;/m0./s1. The molecule has 21 heteroatoms. The predicted molar refractivity (Wildman–Crippen MR) is 99.8 cm³/mol. The second kappa shape index (κ2) is 9.75. The van der Waals surface area contributed by atoms with Crippen LogP contribution in [0.15, 0.2) is 12.7 Å². The van der Waals surface area contributed by atoms with Crippen molar-refractivity contribution < 1.29 is 56.3 Å². The van der Waals surface area contributed by atoms with E-state index in [9.17, 15) is 23.7 Å². The molecule has 31 heavy (non-hydrogen) atoms. The summed E-state index contributed by atoms with van der Waals surface area (Å²) in [6.45, 7) is -0.787. The van der Waals surface area contributed by atoms with Crippen LogP contribution in [-0.2, 0) is 31.6 Å². The first-order chi connectivity index (χ1) is 13.8. The molecule has 17 nitrogen and oxygen atoms in total. The van der Waals surface area contributed by atoms with Gasteiger partial charge in [0.1, 0.15) is 24.2 Å². The molecular formula is C10H16MgN5O12P3+2. The summed E-state index contributed by atoms with van der Waals surface area (Å²) in [6.07, 6.45) is -0.643. The molecule has 1 fully saturated rings. The molecule has 0 radical (unpaired) electrons. The van der Waals surface area contributed by atoms with E-state index in [1.165, 1.54) is 17.2 Å². The Bertz CT molecular complexity index is 1080. The number of phosphoric ester groups is 1. The van der Waals surface area contributed by atoms with Gasteiger partial charge in [0.25, 0.3) is 0 Å². The summed E-state index contributed by atoms with van der Waals surface area (Å²) in [5, 5.41) is 10.1. The molecule has 3 heterocycles. The summed E-state index contributed by atoms with van der Waals surface area (Å²) in [6, 6.07) is 0. The Balaban J connectivity index is 0.00000341. The minimum absolute atomic E-state index is 0. The zero-order valence-electron chi connectivity index (χ0n) is 15.3. The Morgan fingerprint density at radius 2 is 1.81 bits per heavy atom. The van der Waals surface area contributed by atoms with Gasteiger partial charge in [0.05, 0.1) is 19.0 Å². The number of imidazole rings is 1. The fourth-order valence-electron chi connectivity index (χ4n) is 2.59. The summed E-state index contributed by atoms with van der Waals surface area (Å²) in [4.78, 5) is 47.4. The number of fused-ring (bicyclic) bond motifs is 1. The van der Waals surface area contributed by atoms with Gasteiger partial charge in [0.15, 0.2) is 11.5 Å². The van der Waals surface area contributed by atoms with Crippen LogP contribution in [-0.4, -0.2) is 86.1 Å². The van der Waals surface area contributed by atoms with E-state index in [4.69, 9.17) is 25.2 Å². The number of aromatic nitrogens is 4. The fourth-order valence-corrected chi connectivity index (χ4v) is 5.62. The Kier molecular flexibility index (Phi) is 8.39. The van der Waals surface area contributed by atoms with E-state index in [0.29, 0.717) is 11.2 Å². The van der Waals surface area contributed by atoms with Gasteiger partial charge in [-0.05, 0) is 0 Å². The first kappa shape index (κ1) is 26.7. The summed E-state index contributed by atoms with van der Waals surface area (Å²) in [5.41, 5.74) is 6.31. The molecule has 0 saturated carbocycles. The Labute approximate surface area is 189 Å². The van der Waals surface area contributed by atoms with Crippen molar-refractivity contribution in [3.8, 4) is 0 Å². The molecule has 0 aliphatic carbocycles. The number of aliphatic hydroxyl groups is 1. The van der Waals surface area contributed by atoms with E-state index >= 15 is 0 Å². The molecule has 1 aliphatic rings. The number of rotatable bonds is 8. The summed E-state index contributed by atoms with van der Waals surface area (Å²) in [7, 11) is -16.5. The van der Waals surface area contributed by atoms with E-state index < -0.39 is 48.5 Å². The number of nitrogen functional groups attached to an aromatic ring is 1. The number of hydrogen-bond acceptors (Lipinski definition) is 12. The predicted octanol–water partition coefficient (Wildman–Crippen LogP) is -0.981. The van der Waals surface area contributed by atoms with Gasteiger partial charge in [0, 0.05) is 6.42 Å². The van der Waals surface area contributed by atoms with Crippen molar-refractivity contribution in [3.05, 3.63) is 12.7 Å². The van der Waals surface area contributed by atoms with Gasteiger partial charge in [-0.25, -0.2) is 28.6 Å². The van der Waals surface area contributed by atoms with Crippen LogP contribution in [0, 0.1) is 0 Å². The number of nitrogens with two attached hydrogens (primary N) is 1. The van der Waals surface area contributed by atoms with Gasteiger partial charge < -0.3 is 35.2 Å². The molecular weight excluding hydrogens is 499 g/mol. The normalized spacial score (nSPS) is 25.6. The third-order valence-corrected chi connectivity index (χ3v) is 7.52. The quantitative estimate of drug-likeness (QED) is 0.182. The monoisotopic (exact) mass is 515 g/mol. The molecule has 5 atom stereocenters. The van der Waals surface area contributed by atoms with Gasteiger partial charge in [-0.15, -0.1) is 0 Å². The molecule has 1 saturated heterocycles. The van der Waals surface area contributed by atoms with E-state index in [-0.39, 0.29) is 35.3 Å². The number of anilines is 1. The second-order valence-corrected chi connectivity index (χ2v) is 10.3. The minimum atomic E-state index is -5.64. The smallest absolute Gasteiger partial charge is 0.390 e. The third-order valence-electron chi connectivity index (χ3n) is 3.72. The Morgan fingerprint density at radius 1 is 1.13 bits per heavy atom. The van der Waals surface area contributed by atoms with Crippen molar-refractivity contribution >= 4 is 63.5 Å². The molecule has 2 unspecified atom stereocenters. The number of nitrogens with zero attached hydrogens (tertiary/aromatic N) is 4. The molecule has 3 rings (SSSR count). The van der Waals surface area contributed by atoms with Crippen LogP contribution >= 0.6 is 23.5 Å². The molecule has 0 amide bonds. The van der Waals surface area contributed by atoms with Gasteiger partial charge in [-0.2, -0.15) is 8.62 Å². The molecule has 168 valence electrons. The van der Waals surface area contributed by atoms with Crippen molar-refractivity contribution in [1.82, 2.24) is 19.5 Å². The summed E-state index contributed by atoms with van der Waals surface area (Å²) < 4.78 is 52.3. The second-order valence-electron chi connectivity index (χ2n) is 5.90. The number of hydrogen-bond donors (Lipinski definition) is 6. The molecule has 1 aliphatic heterocycles. The average Bonchev–Trinajstić information content (AvgIpc) is 3.14. The topological polar surface area (TPSA) is 259 Å². The molecule has 0 aromatic carbocycles. The van der Waals surface area contributed by atoms with Crippen molar-refractivity contribution in [2.45, 2.75) is 24.9 Å². The minimum Gasteiger partial charge on any atom is -0.390 e. The van der Waals surface area contributed by atoms with E-state index in [1.54, 1.807) is 0 Å². The van der Waals surface area contributed by atoms with Crippen molar-refractivity contribution in [1.29, 1.82) is 0 Å². The van der Waals surface area contributed by atoms with Crippen LogP contribution in [0.1, 0.15) is 12.6 Å². The van der Waals surface area contributed by atoms with Gasteiger partial charge >= 0.3 is 46.5 Å². The third kappa shape index (κ3) is 6.96. The zero-order valence-corrected chi connectivity index (χ0v) is 19.4. The SMILES string of the molecule is Nc1ncnc2c1ncn2[C@H]1C[C@H](O)[C@@H](COP(=O)(O)OP(=O)(O)OP(=O)(O)O)O1.[Mg+2]. The molecule has 0 spiro atoms. The van der Waals surface area contributed by atoms with E-state index in [2.05, 4.69) is 28.1 Å². The zero-order chi connectivity index (χ0) is 22.3. The van der Waals surface area contributed by atoms with Gasteiger partial charge in [0.2, 0.25) is 0 Å². The maximum absolute atomic E-state index is 11.8. The average molecular weight is 515 g/mol. The van der Waals surface area contributed by atoms with Crippen molar-refractivity contribution in [3.63, 3.8) is 0 Å². The summed E-state index contributed by atoms with van der Waals surface area (Å²) >= 11 is 0. The van der Waals surface area contributed by atoms with E-state index in [1.807, 2.05) is 0 Å². The maximum Gasteiger partial charge on any atom is 2.00 e. The van der Waals surface area contributed by atoms with E-state index in [0.717, 1.165) is 0 Å². The fraction of sp³-hybridized carbons (Fsp3) is 0.500. The Morgan fingerprint density at radius 3 is 2.45 bits per heavy atom. The summed E-state index contributed by atoms with van der Waals surface area (Å²) in [5.74, 6) is 0.126. The van der Waals surface area contributed by atoms with Crippen LogP contribution in [0.3, 0.4) is 0 Å². The van der Waals surface area contributed by atoms with Crippen molar-refractivity contribution in [2.24, 2.45) is 0 Å². The molecule has 0 bridgehead atoms. The van der Waals surface area contributed by atoms with Crippen LogP contribution < -0.4 is 5.73 Å². The number of aliphatic hydroxyl groups excluding tert-OH is 1. The maximum atomic E-state index is 11.8. The number of ether oxygens (including phenoxy) is 1. The molecule has 2 aromatic heterocycles. The Hall–Kier alpha value is -0.554. The van der Waals surface area contributed by atoms with Gasteiger partial charge in [-0.3, -0.25) is 9.09 Å². The van der Waals surface area contributed by atoms with Crippen LogP contribution in [0.25, 0.3) is 11.2 Å². The molecule has 2 aromatic rings.